The number of likely N-dealkylation sites (N-methyl/N-ethyl adjacent to an activating group) is 1. The number of aliphatic hydroxyl groups is 1. The van der Waals surface area contributed by atoms with Gasteiger partial charge in [-0.3, -0.25) is 9.48 Å². The Kier molecular flexibility index (Phi) is 4.51. The molecule has 5 heteroatoms. The molecule has 1 amide bonds. The van der Waals surface area contributed by atoms with Crippen LogP contribution in [0.1, 0.15) is 31.5 Å². The average molecular weight is 253 g/mol. The van der Waals surface area contributed by atoms with Crippen LogP contribution in [0.3, 0.4) is 0 Å². The van der Waals surface area contributed by atoms with Gasteiger partial charge < -0.3 is 10.0 Å². The fourth-order valence-corrected chi connectivity index (χ4v) is 1.89. The van der Waals surface area contributed by atoms with Crippen LogP contribution >= 0.6 is 0 Å². The average Bonchev–Trinajstić information content (AvgIpc) is 2.54. The lowest BCUT2D eigenvalue weighted by Crippen LogP contribution is -2.39. The molecule has 0 aliphatic heterocycles. The van der Waals surface area contributed by atoms with Crippen LogP contribution < -0.4 is 0 Å². The maximum Gasteiger partial charge on any atom is 0.222 e. The summed E-state index contributed by atoms with van der Waals surface area (Å²) in [6, 6.07) is 0. The van der Waals surface area contributed by atoms with E-state index in [0.29, 0.717) is 19.4 Å². The van der Waals surface area contributed by atoms with Gasteiger partial charge in [-0.2, -0.15) is 5.10 Å². The molecule has 0 bridgehead atoms. The van der Waals surface area contributed by atoms with Crippen molar-refractivity contribution in [3.05, 3.63) is 17.5 Å². The van der Waals surface area contributed by atoms with Gasteiger partial charge >= 0.3 is 0 Å². The Bertz CT molecular complexity index is 418. The van der Waals surface area contributed by atoms with Crippen LogP contribution in [0.2, 0.25) is 0 Å². The third-order valence-corrected chi connectivity index (χ3v) is 2.99. The van der Waals surface area contributed by atoms with Crippen LogP contribution in [0.4, 0.5) is 0 Å². The highest BCUT2D eigenvalue weighted by molar-refractivity contribution is 5.76. The van der Waals surface area contributed by atoms with Crippen LogP contribution in [-0.2, 0) is 18.3 Å². The molecule has 0 radical (unpaired) electrons. The van der Waals surface area contributed by atoms with Crippen LogP contribution in [-0.4, -0.2) is 44.9 Å². The summed E-state index contributed by atoms with van der Waals surface area (Å²) in [5.41, 5.74) is 1.34. The predicted molar refractivity (Wildman–Crippen MR) is 70.2 cm³/mol. The number of hydrogen-bond donors (Lipinski definition) is 1. The minimum atomic E-state index is -0.853. The van der Waals surface area contributed by atoms with Gasteiger partial charge in [-0.05, 0) is 32.8 Å². The lowest BCUT2D eigenvalue weighted by molar-refractivity contribution is -0.132. The molecule has 18 heavy (non-hydrogen) atoms. The summed E-state index contributed by atoms with van der Waals surface area (Å²) in [6.45, 7) is 5.73. The van der Waals surface area contributed by atoms with E-state index in [1.54, 1.807) is 36.7 Å². The minimum Gasteiger partial charge on any atom is -0.389 e. The van der Waals surface area contributed by atoms with Crippen molar-refractivity contribution in [3.63, 3.8) is 0 Å². The lowest BCUT2D eigenvalue weighted by atomic mass is 10.1. The number of carbonyl (C=O) groups is 1. The summed E-state index contributed by atoms with van der Waals surface area (Å²) in [7, 11) is 3.61. The first kappa shape index (κ1) is 14.7. The SMILES string of the molecule is Cc1c(CCC(=O)N(C)CC(C)(C)O)cnn1C. The van der Waals surface area contributed by atoms with Gasteiger partial charge in [-0.15, -0.1) is 0 Å². The molecule has 0 saturated carbocycles. The molecule has 1 rings (SSSR count). The van der Waals surface area contributed by atoms with Gasteiger partial charge in [0.1, 0.15) is 0 Å². The summed E-state index contributed by atoms with van der Waals surface area (Å²) in [4.78, 5) is 13.5. The van der Waals surface area contributed by atoms with E-state index in [2.05, 4.69) is 5.10 Å². The van der Waals surface area contributed by atoms with E-state index in [1.165, 1.54) is 0 Å². The number of rotatable bonds is 5. The Labute approximate surface area is 108 Å². The Hall–Kier alpha value is -1.36. The topological polar surface area (TPSA) is 58.4 Å². The Morgan fingerprint density at radius 1 is 1.56 bits per heavy atom. The van der Waals surface area contributed by atoms with Crippen molar-refractivity contribution in [2.45, 2.75) is 39.2 Å². The second-order valence-electron chi connectivity index (χ2n) is 5.44. The van der Waals surface area contributed by atoms with Crippen molar-refractivity contribution < 1.29 is 9.90 Å². The summed E-state index contributed by atoms with van der Waals surface area (Å²) in [6.07, 6.45) is 2.94. The first-order chi connectivity index (χ1) is 8.20. The second kappa shape index (κ2) is 5.52. The van der Waals surface area contributed by atoms with Gasteiger partial charge in [-0.25, -0.2) is 0 Å². The van der Waals surface area contributed by atoms with Crippen LogP contribution in [0.25, 0.3) is 0 Å². The monoisotopic (exact) mass is 253 g/mol. The Morgan fingerprint density at radius 3 is 2.61 bits per heavy atom. The van der Waals surface area contributed by atoms with E-state index in [1.807, 2.05) is 14.0 Å². The minimum absolute atomic E-state index is 0.0420. The fourth-order valence-electron chi connectivity index (χ4n) is 1.89. The Balaban J connectivity index is 2.49. The first-order valence-electron chi connectivity index (χ1n) is 6.14. The van der Waals surface area contributed by atoms with E-state index in [-0.39, 0.29) is 5.91 Å². The number of nitrogens with zero attached hydrogens (tertiary/aromatic N) is 3. The van der Waals surface area contributed by atoms with Crippen molar-refractivity contribution in [2.24, 2.45) is 7.05 Å². The molecular formula is C13H23N3O2. The highest BCUT2D eigenvalue weighted by atomic mass is 16.3. The second-order valence-corrected chi connectivity index (χ2v) is 5.44. The number of carbonyl (C=O) groups excluding carboxylic acids is 1. The first-order valence-corrected chi connectivity index (χ1v) is 6.14. The molecule has 1 aromatic rings. The molecule has 0 atom stereocenters. The van der Waals surface area contributed by atoms with Crippen molar-refractivity contribution in [2.75, 3.05) is 13.6 Å². The predicted octanol–water partition coefficient (Wildman–Crippen LogP) is 0.890. The molecule has 0 aliphatic rings. The number of aromatic nitrogens is 2. The van der Waals surface area contributed by atoms with Crippen LogP contribution in [0, 0.1) is 6.92 Å². The molecule has 1 N–H and O–H groups in total. The van der Waals surface area contributed by atoms with Crippen molar-refractivity contribution >= 4 is 5.91 Å². The highest BCUT2D eigenvalue weighted by Crippen LogP contribution is 2.10. The molecule has 0 fully saturated rings. The van der Waals surface area contributed by atoms with Gasteiger partial charge in [-0.1, -0.05) is 0 Å². The van der Waals surface area contributed by atoms with Gasteiger partial charge in [0.15, 0.2) is 0 Å². The molecule has 0 aromatic carbocycles. The van der Waals surface area contributed by atoms with Crippen LogP contribution in [0.15, 0.2) is 6.20 Å². The fraction of sp³-hybridized carbons (Fsp3) is 0.692. The third-order valence-electron chi connectivity index (χ3n) is 2.99. The normalized spacial score (nSPS) is 11.7. The lowest BCUT2D eigenvalue weighted by Gasteiger charge is -2.25. The standard InChI is InChI=1S/C13H23N3O2/c1-10-11(8-14-16(10)5)6-7-12(17)15(4)9-13(2,3)18/h8,18H,6-7,9H2,1-5H3. The van der Waals surface area contributed by atoms with E-state index in [0.717, 1.165) is 11.3 Å². The Morgan fingerprint density at radius 2 is 2.17 bits per heavy atom. The largest absolute Gasteiger partial charge is 0.389 e. The van der Waals surface area contributed by atoms with Gasteiger partial charge in [0.05, 0.1) is 11.8 Å². The van der Waals surface area contributed by atoms with Crippen molar-refractivity contribution in [1.82, 2.24) is 14.7 Å². The molecule has 102 valence electrons. The summed E-state index contributed by atoms with van der Waals surface area (Å²) in [5.74, 6) is 0.0420. The maximum atomic E-state index is 11.9. The quantitative estimate of drug-likeness (QED) is 0.848. The van der Waals surface area contributed by atoms with Gasteiger partial charge in [0.25, 0.3) is 0 Å². The van der Waals surface area contributed by atoms with E-state index in [4.69, 9.17) is 0 Å². The molecule has 0 aliphatic carbocycles. The zero-order chi connectivity index (χ0) is 13.9. The van der Waals surface area contributed by atoms with Gasteiger partial charge in [0, 0.05) is 32.8 Å². The molecule has 0 unspecified atom stereocenters. The smallest absolute Gasteiger partial charge is 0.222 e. The summed E-state index contributed by atoms with van der Waals surface area (Å²) >= 11 is 0. The maximum absolute atomic E-state index is 11.9. The van der Waals surface area contributed by atoms with E-state index < -0.39 is 5.60 Å². The summed E-state index contributed by atoms with van der Waals surface area (Å²) in [5, 5.41) is 13.8. The number of amides is 1. The highest BCUT2D eigenvalue weighted by Gasteiger charge is 2.19. The molecule has 1 aromatic heterocycles. The van der Waals surface area contributed by atoms with Crippen molar-refractivity contribution in [3.8, 4) is 0 Å². The van der Waals surface area contributed by atoms with E-state index in [9.17, 15) is 9.90 Å². The zero-order valence-electron chi connectivity index (χ0n) is 11.9. The molecule has 1 heterocycles. The summed E-state index contributed by atoms with van der Waals surface area (Å²) < 4.78 is 1.81. The number of hydrogen-bond acceptors (Lipinski definition) is 3. The number of aryl methyl sites for hydroxylation is 2. The third kappa shape index (κ3) is 4.14. The molecule has 0 saturated heterocycles. The van der Waals surface area contributed by atoms with Gasteiger partial charge in [0.2, 0.25) is 5.91 Å². The molecule has 0 spiro atoms. The van der Waals surface area contributed by atoms with Crippen molar-refractivity contribution in [1.29, 1.82) is 0 Å². The zero-order valence-corrected chi connectivity index (χ0v) is 11.9. The molecule has 5 nitrogen and oxygen atoms in total. The van der Waals surface area contributed by atoms with Crippen LogP contribution in [0.5, 0.6) is 0 Å². The molecular weight excluding hydrogens is 230 g/mol. The van der Waals surface area contributed by atoms with E-state index >= 15 is 0 Å².